The second-order valence-corrected chi connectivity index (χ2v) is 8.48. The minimum absolute atomic E-state index is 0.102. The van der Waals surface area contributed by atoms with Crippen molar-refractivity contribution in [2.45, 2.75) is 30.3 Å². The summed E-state index contributed by atoms with van der Waals surface area (Å²) >= 11 is 0. The first kappa shape index (κ1) is 18.2. The predicted octanol–water partition coefficient (Wildman–Crippen LogP) is 1.37. The van der Waals surface area contributed by atoms with Crippen molar-refractivity contribution in [3.63, 3.8) is 0 Å². The van der Waals surface area contributed by atoms with Crippen molar-refractivity contribution in [1.29, 1.82) is 0 Å². The van der Waals surface area contributed by atoms with E-state index >= 15 is 0 Å². The van der Waals surface area contributed by atoms with Gasteiger partial charge in [-0.2, -0.15) is 4.31 Å². The monoisotopic (exact) mass is 369 g/mol. The third-order valence-corrected chi connectivity index (χ3v) is 6.75. The number of nitro groups is 1. The first-order valence-corrected chi connectivity index (χ1v) is 9.98. The lowest BCUT2D eigenvalue weighted by Crippen LogP contribution is -2.39. The molecule has 2 aliphatic rings. The van der Waals surface area contributed by atoms with Crippen LogP contribution in [0.3, 0.4) is 0 Å². The molecule has 2 saturated heterocycles. The van der Waals surface area contributed by atoms with E-state index in [0.717, 1.165) is 32.4 Å². The van der Waals surface area contributed by atoms with Gasteiger partial charge in [0.25, 0.3) is 5.69 Å². The molecule has 0 aromatic heterocycles. The fraction of sp³-hybridized carbons (Fsp3) is 0.625. The minimum Gasteiger partial charge on any atom is -0.377 e. The summed E-state index contributed by atoms with van der Waals surface area (Å²) < 4.78 is 32.7. The van der Waals surface area contributed by atoms with E-state index in [1.807, 2.05) is 0 Å². The van der Waals surface area contributed by atoms with Crippen LogP contribution in [-0.2, 0) is 14.8 Å². The SMILES string of the molecule is O=[N+]([O-])c1ccc(S(=O)(=O)N2CCC(COC3CCNC3)CC2)cc1. The smallest absolute Gasteiger partial charge is 0.269 e. The number of rotatable bonds is 6. The molecule has 0 radical (unpaired) electrons. The molecule has 2 heterocycles. The number of nitrogens with one attached hydrogen (secondary N) is 1. The van der Waals surface area contributed by atoms with Gasteiger partial charge in [0.2, 0.25) is 10.0 Å². The lowest BCUT2D eigenvalue weighted by atomic mass is 9.99. The molecule has 1 aromatic rings. The molecule has 0 spiro atoms. The number of piperidine rings is 1. The van der Waals surface area contributed by atoms with Gasteiger partial charge in [-0.25, -0.2) is 8.42 Å². The van der Waals surface area contributed by atoms with Crippen LogP contribution in [0.4, 0.5) is 5.69 Å². The third kappa shape index (κ3) is 4.35. The van der Waals surface area contributed by atoms with Crippen LogP contribution < -0.4 is 5.32 Å². The topological polar surface area (TPSA) is 102 Å². The Bertz CT molecular complexity index is 693. The Morgan fingerprint density at radius 2 is 1.88 bits per heavy atom. The van der Waals surface area contributed by atoms with Gasteiger partial charge in [-0.15, -0.1) is 0 Å². The zero-order valence-corrected chi connectivity index (χ0v) is 14.8. The van der Waals surface area contributed by atoms with E-state index in [9.17, 15) is 18.5 Å². The highest BCUT2D eigenvalue weighted by Gasteiger charge is 2.30. The van der Waals surface area contributed by atoms with Gasteiger partial charge < -0.3 is 10.1 Å². The summed E-state index contributed by atoms with van der Waals surface area (Å²) in [6, 6.07) is 5.05. The molecule has 2 aliphatic heterocycles. The zero-order chi connectivity index (χ0) is 17.9. The molecule has 1 atom stereocenters. The van der Waals surface area contributed by atoms with Gasteiger partial charge in [0.05, 0.1) is 15.9 Å². The highest BCUT2D eigenvalue weighted by Crippen LogP contribution is 2.25. The number of ether oxygens (including phenoxy) is 1. The maximum absolute atomic E-state index is 12.7. The molecule has 8 nitrogen and oxygen atoms in total. The summed E-state index contributed by atoms with van der Waals surface area (Å²) in [5.41, 5.74) is -0.115. The van der Waals surface area contributed by atoms with Crippen molar-refractivity contribution in [2.75, 3.05) is 32.8 Å². The number of nitrogens with zero attached hydrogens (tertiary/aromatic N) is 2. The molecule has 0 bridgehead atoms. The van der Waals surface area contributed by atoms with Crippen LogP contribution in [0.15, 0.2) is 29.2 Å². The van der Waals surface area contributed by atoms with Crippen LogP contribution in [0.5, 0.6) is 0 Å². The molecule has 1 N–H and O–H groups in total. The first-order chi connectivity index (χ1) is 12.0. The van der Waals surface area contributed by atoms with Crippen LogP contribution in [0.2, 0.25) is 0 Å². The fourth-order valence-electron chi connectivity index (χ4n) is 3.25. The van der Waals surface area contributed by atoms with Crippen LogP contribution >= 0.6 is 0 Å². The molecule has 2 fully saturated rings. The second kappa shape index (κ2) is 7.77. The standard InChI is InChI=1S/C16H23N3O5S/c20-19(21)14-1-3-16(4-2-14)25(22,23)18-9-6-13(7-10-18)12-24-15-5-8-17-11-15/h1-4,13,15,17H,5-12H2. The van der Waals surface area contributed by atoms with Crippen LogP contribution in [0.25, 0.3) is 0 Å². The quantitative estimate of drug-likeness (QED) is 0.600. The molecule has 0 saturated carbocycles. The molecule has 9 heteroatoms. The largest absolute Gasteiger partial charge is 0.377 e. The van der Waals surface area contributed by atoms with E-state index in [-0.39, 0.29) is 16.7 Å². The van der Waals surface area contributed by atoms with E-state index in [0.29, 0.717) is 25.6 Å². The highest BCUT2D eigenvalue weighted by molar-refractivity contribution is 7.89. The molecule has 3 rings (SSSR count). The number of hydrogen-bond donors (Lipinski definition) is 1. The normalized spacial score (nSPS) is 23.0. The van der Waals surface area contributed by atoms with Gasteiger partial charge in [-0.05, 0) is 43.9 Å². The van der Waals surface area contributed by atoms with E-state index < -0.39 is 14.9 Å². The van der Waals surface area contributed by atoms with Crippen LogP contribution in [0, 0.1) is 16.0 Å². The van der Waals surface area contributed by atoms with Crippen molar-refractivity contribution < 1.29 is 18.1 Å². The van der Waals surface area contributed by atoms with E-state index in [1.54, 1.807) is 0 Å². The number of hydrogen-bond acceptors (Lipinski definition) is 6. The van der Waals surface area contributed by atoms with Gasteiger partial charge in [0.1, 0.15) is 0 Å². The summed E-state index contributed by atoms with van der Waals surface area (Å²) in [5.74, 6) is 0.379. The van der Waals surface area contributed by atoms with Crippen molar-refractivity contribution in [2.24, 2.45) is 5.92 Å². The van der Waals surface area contributed by atoms with Gasteiger partial charge in [-0.1, -0.05) is 0 Å². The molecular formula is C16H23N3O5S. The Morgan fingerprint density at radius 1 is 1.20 bits per heavy atom. The lowest BCUT2D eigenvalue weighted by Gasteiger charge is -2.31. The molecule has 1 unspecified atom stereocenters. The van der Waals surface area contributed by atoms with Crippen LogP contribution in [0.1, 0.15) is 19.3 Å². The lowest BCUT2D eigenvalue weighted by molar-refractivity contribution is -0.384. The third-order valence-electron chi connectivity index (χ3n) is 4.84. The number of sulfonamides is 1. The Labute approximate surface area is 147 Å². The minimum atomic E-state index is -3.60. The van der Waals surface area contributed by atoms with Crippen molar-refractivity contribution in [3.8, 4) is 0 Å². The summed E-state index contributed by atoms with van der Waals surface area (Å²) in [5, 5.41) is 13.9. The average Bonchev–Trinajstić information content (AvgIpc) is 3.14. The van der Waals surface area contributed by atoms with E-state index in [2.05, 4.69) is 5.32 Å². The van der Waals surface area contributed by atoms with Crippen molar-refractivity contribution in [3.05, 3.63) is 34.4 Å². The summed E-state index contributed by atoms with van der Waals surface area (Å²) in [6.07, 6.45) is 2.85. The molecule has 1 aromatic carbocycles. The summed E-state index contributed by atoms with van der Waals surface area (Å²) in [7, 11) is -3.60. The van der Waals surface area contributed by atoms with Gasteiger partial charge >= 0.3 is 0 Å². The number of nitro benzene ring substituents is 1. The van der Waals surface area contributed by atoms with Gasteiger partial charge in [0.15, 0.2) is 0 Å². The summed E-state index contributed by atoms with van der Waals surface area (Å²) in [6.45, 7) is 3.48. The maximum atomic E-state index is 12.7. The number of non-ortho nitro benzene ring substituents is 1. The predicted molar refractivity (Wildman–Crippen MR) is 91.8 cm³/mol. The molecule has 0 amide bonds. The molecule has 0 aliphatic carbocycles. The zero-order valence-electron chi connectivity index (χ0n) is 14.0. The summed E-state index contributed by atoms with van der Waals surface area (Å²) in [4.78, 5) is 10.2. The Balaban J connectivity index is 1.54. The fourth-order valence-corrected chi connectivity index (χ4v) is 4.72. The number of benzene rings is 1. The molecular weight excluding hydrogens is 346 g/mol. The van der Waals surface area contributed by atoms with E-state index in [1.165, 1.54) is 28.6 Å². The van der Waals surface area contributed by atoms with Crippen LogP contribution in [-0.4, -0.2) is 56.5 Å². The second-order valence-electron chi connectivity index (χ2n) is 6.55. The Morgan fingerprint density at radius 3 is 2.44 bits per heavy atom. The van der Waals surface area contributed by atoms with E-state index in [4.69, 9.17) is 4.74 Å². The van der Waals surface area contributed by atoms with Crippen molar-refractivity contribution in [1.82, 2.24) is 9.62 Å². The Kier molecular flexibility index (Phi) is 5.67. The maximum Gasteiger partial charge on any atom is 0.269 e. The highest BCUT2D eigenvalue weighted by atomic mass is 32.2. The Hall–Kier alpha value is -1.55. The molecule has 138 valence electrons. The molecule has 25 heavy (non-hydrogen) atoms. The first-order valence-electron chi connectivity index (χ1n) is 8.54. The van der Waals surface area contributed by atoms with Gasteiger partial charge in [0, 0.05) is 38.4 Å². The average molecular weight is 369 g/mol. The van der Waals surface area contributed by atoms with Crippen molar-refractivity contribution >= 4 is 15.7 Å². The van der Waals surface area contributed by atoms with Gasteiger partial charge in [-0.3, -0.25) is 10.1 Å².